The van der Waals surface area contributed by atoms with E-state index in [0.717, 1.165) is 0 Å². The summed E-state index contributed by atoms with van der Waals surface area (Å²) in [4.78, 5) is 13.9. The molecule has 0 heterocycles. The smallest absolute Gasteiger partial charge is 0.258 e. The van der Waals surface area contributed by atoms with Gasteiger partial charge in [0.1, 0.15) is 11.5 Å². The third-order valence-electron chi connectivity index (χ3n) is 2.45. The number of carbonyl (C=O) groups excluding carboxylic acids is 1. The monoisotopic (exact) mass is 268 g/mol. The number of phenols is 1. The van der Waals surface area contributed by atoms with Crippen molar-refractivity contribution in [3.05, 3.63) is 23.8 Å². The van der Waals surface area contributed by atoms with Gasteiger partial charge in [-0.15, -0.1) is 0 Å². The first-order valence-electron chi connectivity index (χ1n) is 5.44. The molecule has 1 aromatic rings. The normalized spacial score (nSPS) is 9.89. The number of methoxy groups -OCH3 is 1. The molecule has 3 N–H and O–H groups in total. The molecule has 5 nitrogen and oxygen atoms in total. The Hall–Kier alpha value is -1.82. The summed E-state index contributed by atoms with van der Waals surface area (Å²) < 4.78 is 5.02. The van der Waals surface area contributed by atoms with E-state index >= 15 is 0 Å². The highest BCUT2D eigenvalue weighted by molar-refractivity contribution is 7.80. The number of nitrogens with two attached hydrogens (primary N) is 1. The third-order valence-corrected chi connectivity index (χ3v) is 2.58. The predicted molar refractivity (Wildman–Crippen MR) is 73.0 cm³/mol. The number of benzene rings is 1. The van der Waals surface area contributed by atoms with Gasteiger partial charge in [0.25, 0.3) is 5.91 Å². The second-order valence-electron chi connectivity index (χ2n) is 3.67. The Morgan fingerprint density at radius 1 is 1.56 bits per heavy atom. The van der Waals surface area contributed by atoms with Gasteiger partial charge in [0.15, 0.2) is 0 Å². The summed E-state index contributed by atoms with van der Waals surface area (Å²) >= 11 is 4.79. The number of phenolic OH excluding ortho intramolecular Hbond substituents is 1. The van der Waals surface area contributed by atoms with Gasteiger partial charge < -0.3 is 20.5 Å². The zero-order valence-electron chi connectivity index (χ0n) is 10.3. The average Bonchev–Trinajstić information content (AvgIpc) is 2.35. The zero-order valence-corrected chi connectivity index (χ0v) is 11.2. The Morgan fingerprint density at radius 2 is 2.22 bits per heavy atom. The van der Waals surface area contributed by atoms with Gasteiger partial charge in [-0.1, -0.05) is 12.2 Å². The zero-order chi connectivity index (χ0) is 13.7. The van der Waals surface area contributed by atoms with Crippen LogP contribution in [0, 0.1) is 0 Å². The Morgan fingerprint density at radius 3 is 2.72 bits per heavy atom. The third kappa shape index (κ3) is 3.33. The molecule has 0 aliphatic carbocycles. The van der Waals surface area contributed by atoms with Crippen LogP contribution in [0.1, 0.15) is 17.3 Å². The minimum atomic E-state index is -0.332. The maximum atomic E-state index is 12.2. The van der Waals surface area contributed by atoms with Gasteiger partial charge in [0.2, 0.25) is 0 Å². The van der Waals surface area contributed by atoms with Crippen LogP contribution in [0.5, 0.6) is 11.5 Å². The predicted octanol–water partition coefficient (Wildman–Crippen LogP) is 1.15. The van der Waals surface area contributed by atoms with Gasteiger partial charge in [0, 0.05) is 6.54 Å². The second kappa shape index (κ2) is 6.20. The molecule has 0 spiro atoms. The number of carbonyl (C=O) groups is 1. The summed E-state index contributed by atoms with van der Waals surface area (Å²) in [6, 6.07) is 4.48. The van der Waals surface area contributed by atoms with E-state index in [0.29, 0.717) is 12.3 Å². The molecular weight excluding hydrogens is 252 g/mol. The minimum absolute atomic E-state index is 0.0952. The molecule has 0 unspecified atom stereocenters. The quantitative estimate of drug-likeness (QED) is 0.783. The lowest BCUT2D eigenvalue weighted by Gasteiger charge is -2.20. The van der Waals surface area contributed by atoms with Crippen molar-refractivity contribution in [3.8, 4) is 11.5 Å². The largest absolute Gasteiger partial charge is 0.507 e. The molecule has 1 amide bonds. The molecule has 0 saturated carbocycles. The minimum Gasteiger partial charge on any atom is -0.507 e. The molecule has 0 aliphatic heterocycles. The number of aromatic hydroxyl groups is 1. The molecule has 0 saturated heterocycles. The summed E-state index contributed by atoms with van der Waals surface area (Å²) in [5.41, 5.74) is 5.60. The lowest BCUT2D eigenvalue weighted by molar-refractivity contribution is 0.0784. The van der Waals surface area contributed by atoms with Crippen molar-refractivity contribution < 1.29 is 14.6 Å². The first-order valence-corrected chi connectivity index (χ1v) is 5.85. The van der Waals surface area contributed by atoms with Gasteiger partial charge in [-0.3, -0.25) is 4.79 Å². The molecule has 98 valence electrons. The van der Waals surface area contributed by atoms with Crippen LogP contribution in [0.25, 0.3) is 0 Å². The number of amides is 1. The maximum absolute atomic E-state index is 12.2. The average molecular weight is 268 g/mol. The molecule has 0 aliphatic rings. The number of thiocarbonyl (C=S) groups is 1. The number of likely N-dealkylation sites (N-methyl/N-ethyl adjacent to an activating group) is 1. The Kier molecular flexibility index (Phi) is 4.91. The summed E-state index contributed by atoms with van der Waals surface area (Å²) in [6.07, 6.45) is 0. The van der Waals surface area contributed by atoms with Crippen LogP contribution in [0.3, 0.4) is 0 Å². The van der Waals surface area contributed by atoms with E-state index in [2.05, 4.69) is 0 Å². The molecule has 1 aromatic carbocycles. The van der Waals surface area contributed by atoms with Crippen LogP contribution in [0.2, 0.25) is 0 Å². The summed E-state index contributed by atoms with van der Waals surface area (Å²) in [5.74, 6) is 0.0754. The molecule has 6 heteroatoms. The highest BCUT2D eigenvalue weighted by atomic mass is 32.1. The molecule has 0 atom stereocenters. The molecule has 0 fully saturated rings. The number of rotatable bonds is 5. The van der Waals surface area contributed by atoms with Crippen LogP contribution in [-0.4, -0.2) is 41.1 Å². The van der Waals surface area contributed by atoms with Crippen LogP contribution >= 0.6 is 12.2 Å². The van der Waals surface area contributed by atoms with E-state index in [1.807, 2.05) is 6.92 Å². The van der Waals surface area contributed by atoms with Crippen molar-refractivity contribution in [3.63, 3.8) is 0 Å². The molecule has 1 rings (SSSR count). The van der Waals surface area contributed by atoms with E-state index in [4.69, 9.17) is 22.7 Å². The molecule has 0 bridgehead atoms. The molecule has 18 heavy (non-hydrogen) atoms. The second-order valence-corrected chi connectivity index (χ2v) is 4.19. The Labute approximate surface area is 111 Å². The fourth-order valence-corrected chi connectivity index (χ4v) is 1.65. The summed E-state index contributed by atoms with van der Waals surface area (Å²) in [6.45, 7) is 2.45. The lowest BCUT2D eigenvalue weighted by atomic mass is 10.1. The van der Waals surface area contributed by atoms with E-state index in [9.17, 15) is 9.90 Å². The van der Waals surface area contributed by atoms with Crippen LogP contribution in [0.4, 0.5) is 0 Å². The number of ether oxygens (including phenoxy) is 1. The Balaban J connectivity index is 3.04. The number of hydrogen-bond acceptors (Lipinski definition) is 4. The van der Waals surface area contributed by atoms with Gasteiger partial charge in [-0.05, 0) is 25.1 Å². The highest BCUT2D eigenvalue weighted by Crippen LogP contribution is 2.24. The van der Waals surface area contributed by atoms with Crippen LogP contribution in [0.15, 0.2) is 18.2 Å². The molecule has 0 radical (unpaired) electrons. The summed E-state index contributed by atoms with van der Waals surface area (Å²) in [5, 5.41) is 9.71. The fourth-order valence-electron chi connectivity index (χ4n) is 1.50. The van der Waals surface area contributed by atoms with Crippen LogP contribution in [-0.2, 0) is 0 Å². The first-order chi connectivity index (χ1) is 8.49. The van der Waals surface area contributed by atoms with E-state index < -0.39 is 0 Å². The topological polar surface area (TPSA) is 75.8 Å². The first kappa shape index (κ1) is 14.2. The fraction of sp³-hybridized carbons (Fsp3) is 0.333. The highest BCUT2D eigenvalue weighted by Gasteiger charge is 2.19. The number of nitrogens with zero attached hydrogens (tertiary/aromatic N) is 1. The summed E-state index contributed by atoms with van der Waals surface area (Å²) in [7, 11) is 1.49. The van der Waals surface area contributed by atoms with Gasteiger partial charge in [-0.2, -0.15) is 0 Å². The van der Waals surface area contributed by atoms with E-state index in [-0.39, 0.29) is 28.8 Å². The van der Waals surface area contributed by atoms with Crippen molar-refractivity contribution in [1.29, 1.82) is 0 Å². The number of hydrogen-bond donors (Lipinski definition) is 2. The Bertz CT molecular complexity index is 463. The maximum Gasteiger partial charge on any atom is 0.258 e. The SMILES string of the molecule is CCN(CC(N)=S)C(=O)c1cc(OC)ccc1O. The van der Waals surface area contributed by atoms with Gasteiger partial charge >= 0.3 is 0 Å². The molecular formula is C12H16N2O3S. The van der Waals surface area contributed by atoms with E-state index in [1.165, 1.54) is 24.1 Å². The van der Waals surface area contributed by atoms with Crippen molar-refractivity contribution in [2.24, 2.45) is 5.73 Å². The standard InChI is InChI=1S/C12H16N2O3S/c1-3-14(7-11(13)18)12(16)9-6-8(17-2)4-5-10(9)15/h4-6,15H,3,7H2,1-2H3,(H2,13,18). The molecule has 0 aromatic heterocycles. The van der Waals surface area contributed by atoms with Crippen molar-refractivity contribution in [1.82, 2.24) is 4.90 Å². The van der Waals surface area contributed by atoms with E-state index in [1.54, 1.807) is 6.07 Å². The van der Waals surface area contributed by atoms with Crippen molar-refractivity contribution >= 4 is 23.1 Å². The van der Waals surface area contributed by atoms with Crippen molar-refractivity contribution in [2.75, 3.05) is 20.2 Å². The van der Waals surface area contributed by atoms with Gasteiger partial charge in [-0.25, -0.2) is 0 Å². The van der Waals surface area contributed by atoms with Gasteiger partial charge in [0.05, 0.1) is 24.2 Å². The van der Waals surface area contributed by atoms with Crippen LogP contribution < -0.4 is 10.5 Å². The lowest BCUT2D eigenvalue weighted by Crippen LogP contribution is -2.37. The van der Waals surface area contributed by atoms with Crippen molar-refractivity contribution in [2.45, 2.75) is 6.92 Å².